The Hall–Kier alpha value is -2.24. The molecule has 0 aromatic heterocycles. The first-order valence-electron chi connectivity index (χ1n) is 8.00. The van der Waals surface area contributed by atoms with Gasteiger partial charge in [-0.3, -0.25) is 9.59 Å². The number of hydrogen-bond donors (Lipinski definition) is 1. The van der Waals surface area contributed by atoms with E-state index in [9.17, 15) is 9.59 Å². The number of nitrogens with one attached hydrogen (secondary N) is 1. The van der Waals surface area contributed by atoms with Crippen molar-refractivity contribution in [3.8, 4) is 5.75 Å². The molecular formula is C19H19Cl2NO4. The van der Waals surface area contributed by atoms with Gasteiger partial charge < -0.3 is 14.8 Å². The van der Waals surface area contributed by atoms with Crippen LogP contribution in [0.25, 0.3) is 0 Å². The standard InChI is InChI=1S/C19H19Cl2NO4/c1-12-4-3-5-15(10-12)25-9-8-18(23)26-13(2)19(24)22-17-11-14(20)6-7-16(17)21/h3-7,10-11,13H,8-9H2,1-2H3,(H,22,24)/t13-/m0/s1. The van der Waals surface area contributed by atoms with Crippen LogP contribution >= 0.6 is 23.2 Å². The van der Waals surface area contributed by atoms with E-state index in [1.807, 2.05) is 31.2 Å². The molecule has 0 heterocycles. The number of rotatable bonds is 7. The topological polar surface area (TPSA) is 64.6 Å². The second-order valence-electron chi connectivity index (χ2n) is 5.66. The van der Waals surface area contributed by atoms with Crippen LogP contribution in [0.2, 0.25) is 10.0 Å². The third-order valence-electron chi connectivity index (χ3n) is 3.43. The van der Waals surface area contributed by atoms with Crippen molar-refractivity contribution < 1.29 is 19.1 Å². The average Bonchev–Trinajstić information content (AvgIpc) is 2.58. The summed E-state index contributed by atoms with van der Waals surface area (Å²) in [7, 11) is 0. The molecular weight excluding hydrogens is 377 g/mol. The van der Waals surface area contributed by atoms with E-state index in [2.05, 4.69) is 5.32 Å². The Labute approximate surface area is 162 Å². The molecule has 5 nitrogen and oxygen atoms in total. The van der Waals surface area contributed by atoms with Crippen molar-refractivity contribution in [1.29, 1.82) is 0 Å². The fourth-order valence-electron chi connectivity index (χ4n) is 2.09. The maximum absolute atomic E-state index is 12.1. The third kappa shape index (κ3) is 6.24. The van der Waals surface area contributed by atoms with Gasteiger partial charge in [0.15, 0.2) is 6.10 Å². The molecule has 0 aliphatic carbocycles. The maximum atomic E-state index is 12.1. The number of carbonyl (C=O) groups excluding carboxylic acids is 2. The van der Waals surface area contributed by atoms with Crippen LogP contribution in [0.3, 0.4) is 0 Å². The first-order chi connectivity index (χ1) is 12.3. The van der Waals surface area contributed by atoms with Gasteiger partial charge in [-0.25, -0.2) is 0 Å². The highest BCUT2D eigenvalue weighted by atomic mass is 35.5. The summed E-state index contributed by atoms with van der Waals surface area (Å²) in [6, 6.07) is 12.2. The van der Waals surface area contributed by atoms with Gasteiger partial charge in [0.1, 0.15) is 5.75 Å². The lowest BCUT2D eigenvalue weighted by molar-refractivity contribution is -0.153. The summed E-state index contributed by atoms with van der Waals surface area (Å²) in [5.74, 6) is -0.348. The maximum Gasteiger partial charge on any atom is 0.310 e. The minimum atomic E-state index is -0.975. The molecule has 0 spiro atoms. The number of hydrogen-bond acceptors (Lipinski definition) is 4. The van der Waals surface area contributed by atoms with Crippen molar-refractivity contribution in [2.24, 2.45) is 0 Å². The van der Waals surface area contributed by atoms with E-state index >= 15 is 0 Å². The van der Waals surface area contributed by atoms with Crippen molar-refractivity contribution in [2.45, 2.75) is 26.4 Å². The minimum absolute atomic E-state index is 0.0312. The van der Waals surface area contributed by atoms with E-state index in [0.717, 1.165) is 5.56 Å². The zero-order valence-electron chi connectivity index (χ0n) is 14.4. The Morgan fingerprint density at radius 2 is 1.92 bits per heavy atom. The molecule has 0 bridgehead atoms. The molecule has 2 aromatic rings. The molecule has 0 fully saturated rings. The Bertz CT molecular complexity index is 795. The summed E-state index contributed by atoms with van der Waals surface area (Å²) in [6.45, 7) is 3.59. The summed E-state index contributed by atoms with van der Waals surface area (Å²) in [4.78, 5) is 24.0. The van der Waals surface area contributed by atoms with Crippen LogP contribution in [0.4, 0.5) is 5.69 Å². The number of ether oxygens (including phenoxy) is 2. The molecule has 2 aromatic carbocycles. The normalized spacial score (nSPS) is 11.5. The van der Waals surface area contributed by atoms with Crippen LogP contribution in [0.15, 0.2) is 42.5 Å². The SMILES string of the molecule is Cc1cccc(OCCC(=O)O[C@@H](C)C(=O)Nc2cc(Cl)ccc2Cl)c1. The molecule has 1 atom stereocenters. The smallest absolute Gasteiger partial charge is 0.310 e. The zero-order valence-corrected chi connectivity index (χ0v) is 15.9. The summed E-state index contributed by atoms with van der Waals surface area (Å²) < 4.78 is 10.6. The lowest BCUT2D eigenvalue weighted by Crippen LogP contribution is -2.30. The first-order valence-corrected chi connectivity index (χ1v) is 8.75. The van der Waals surface area contributed by atoms with Crippen molar-refractivity contribution >= 4 is 40.8 Å². The number of benzene rings is 2. The second kappa shape index (κ2) is 9.46. The average molecular weight is 396 g/mol. The van der Waals surface area contributed by atoms with Crippen LogP contribution in [0, 0.1) is 6.92 Å². The molecule has 0 saturated carbocycles. The van der Waals surface area contributed by atoms with Gasteiger partial charge in [0.2, 0.25) is 0 Å². The highest BCUT2D eigenvalue weighted by Crippen LogP contribution is 2.25. The van der Waals surface area contributed by atoms with Crippen molar-refractivity contribution in [1.82, 2.24) is 0 Å². The van der Waals surface area contributed by atoms with E-state index in [-0.39, 0.29) is 13.0 Å². The van der Waals surface area contributed by atoms with E-state index in [0.29, 0.717) is 21.5 Å². The number of aryl methyl sites for hydroxylation is 1. The van der Waals surface area contributed by atoms with E-state index in [1.54, 1.807) is 12.1 Å². The van der Waals surface area contributed by atoms with Gasteiger partial charge in [-0.1, -0.05) is 35.3 Å². The van der Waals surface area contributed by atoms with Gasteiger partial charge in [0.25, 0.3) is 5.91 Å². The van der Waals surface area contributed by atoms with Gasteiger partial charge in [-0.15, -0.1) is 0 Å². The molecule has 1 N–H and O–H groups in total. The van der Waals surface area contributed by atoms with E-state index in [1.165, 1.54) is 13.0 Å². The molecule has 0 unspecified atom stereocenters. The summed E-state index contributed by atoms with van der Waals surface area (Å²) >= 11 is 11.9. The molecule has 0 aliphatic heterocycles. The van der Waals surface area contributed by atoms with Crippen molar-refractivity contribution in [2.75, 3.05) is 11.9 Å². The minimum Gasteiger partial charge on any atom is -0.493 e. The molecule has 0 saturated heterocycles. The molecule has 2 rings (SSSR count). The van der Waals surface area contributed by atoms with Gasteiger partial charge >= 0.3 is 5.97 Å². The Morgan fingerprint density at radius 3 is 2.65 bits per heavy atom. The number of esters is 1. The van der Waals surface area contributed by atoms with Gasteiger partial charge in [-0.2, -0.15) is 0 Å². The zero-order chi connectivity index (χ0) is 19.1. The predicted octanol–water partition coefficient (Wildman–Crippen LogP) is 4.64. The van der Waals surface area contributed by atoms with Crippen molar-refractivity contribution in [3.63, 3.8) is 0 Å². The van der Waals surface area contributed by atoms with Crippen LogP contribution in [0.1, 0.15) is 18.9 Å². The summed E-state index contributed by atoms with van der Waals surface area (Å²) in [5, 5.41) is 3.35. The van der Waals surface area contributed by atoms with E-state index in [4.69, 9.17) is 32.7 Å². The largest absolute Gasteiger partial charge is 0.493 e. The number of anilines is 1. The highest BCUT2D eigenvalue weighted by Gasteiger charge is 2.19. The molecule has 138 valence electrons. The molecule has 0 radical (unpaired) electrons. The van der Waals surface area contributed by atoms with Gasteiger partial charge in [0, 0.05) is 5.02 Å². The van der Waals surface area contributed by atoms with Crippen LogP contribution < -0.4 is 10.1 Å². The summed E-state index contributed by atoms with van der Waals surface area (Å²) in [5.41, 5.74) is 1.42. The van der Waals surface area contributed by atoms with Gasteiger partial charge in [0.05, 0.1) is 23.7 Å². The third-order valence-corrected chi connectivity index (χ3v) is 3.99. The predicted molar refractivity (Wildman–Crippen MR) is 102 cm³/mol. The van der Waals surface area contributed by atoms with Crippen LogP contribution in [-0.4, -0.2) is 24.6 Å². The molecule has 0 aliphatic rings. The fraction of sp³-hybridized carbons (Fsp3) is 0.263. The second-order valence-corrected chi connectivity index (χ2v) is 6.50. The number of amides is 1. The van der Waals surface area contributed by atoms with Crippen LogP contribution in [0.5, 0.6) is 5.75 Å². The monoisotopic (exact) mass is 395 g/mol. The Balaban J connectivity index is 1.78. The lowest BCUT2D eigenvalue weighted by Gasteiger charge is -2.14. The number of carbonyl (C=O) groups is 2. The quantitative estimate of drug-likeness (QED) is 0.693. The Morgan fingerprint density at radius 1 is 1.15 bits per heavy atom. The van der Waals surface area contributed by atoms with Gasteiger partial charge in [-0.05, 0) is 49.7 Å². The fourth-order valence-corrected chi connectivity index (χ4v) is 2.43. The highest BCUT2D eigenvalue weighted by molar-refractivity contribution is 6.35. The lowest BCUT2D eigenvalue weighted by atomic mass is 10.2. The molecule has 7 heteroatoms. The molecule has 26 heavy (non-hydrogen) atoms. The Kier molecular flexibility index (Phi) is 7.30. The first kappa shape index (κ1) is 20.1. The molecule has 1 amide bonds. The van der Waals surface area contributed by atoms with E-state index < -0.39 is 18.0 Å². The van der Waals surface area contributed by atoms with Crippen LogP contribution in [-0.2, 0) is 14.3 Å². The summed E-state index contributed by atoms with van der Waals surface area (Å²) in [6.07, 6.45) is -0.944. The number of halogens is 2. The van der Waals surface area contributed by atoms with Crippen molar-refractivity contribution in [3.05, 3.63) is 58.1 Å².